The highest BCUT2D eigenvalue weighted by atomic mass is 35.5. The lowest BCUT2D eigenvalue weighted by Crippen LogP contribution is -2.16. The van der Waals surface area contributed by atoms with Gasteiger partial charge in [-0.15, -0.1) is 0 Å². The second kappa shape index (κ2) is 7.68. The largest absolute Gasteiger partial charge is 0.453 e. The molecule has 1 heterocycles. The van der Waals surface area contributed by atoms with Gasteiger partial charge in [-0.25, -0.2) is 14.2 Å². The number of imidazole rings is 1. The molecule has 0 fully saturated rings. The Kier molecular flexibility index (Phi) is 5.35. The highest BCUT2D eigenvalue weighted by Crippen LogP contribution is 2.23. The van der Waals surface area contributed by atoms with E-state index < -0.39 is 24.2 Å². The maximum atomic E-state index is 13.0. The average Bonchev–Trinajstić information content (AvgIpc) is 3.12. The molecule has 0 aliphatic heterocycles. The number of nitrogens with zero attached hydrogens (tertiary/aromatic N) is 2. The van der Waals surface area contributed by atoms with Crippen LogP contribution >= 0.6 is 23.2 Å². The summed E-state index contributed by atoms with van der Waals surface area (Å²) in [5.74, 6) is -1.56. The van der Waals surface area contributed by atoms with E-state index in [4.69, 9.17) is 27.9 Å². The number of halogens is 3. The van der Waals surface area contributed by atoms with Crippen LogP contribution in [0.2, 0.25) is 10.0 Å². The third-order valence-electron chi connectivity index (χ3n) is 3.53. The summed E-state index contributed by atoms with van der Waals surface area (Å²) in [6, 6.07) is 9.90. The topological polar surface area (TPSA) is 61.2 Å². The number of esters is 1. The van der Waals surface area contributed by atoms with Gasteiger partial charge in [-0.3, -0.25) is 9.36 Å². The van der Waals surface area contributed by atoms with Gasteiger partial charge in [0.2, 0.25) is 0 Å². The minimum absolute atomic E-state index is 0.110. The van der Waals surface area contributed by atoms with Crippen LogP contribution in [0.1, 0.15) is 20.8 Å². The summed E-state index contributed by atoms with van der Waals surface area (Å²) in [6.07, 6.45) is 2.69. The second-order valence-electron chi connectivity index (χ2n) is 5.25. The molecule has 26 heavy (non-hydrogen) atoms. The smallest absolute Gasteiger partial charge is 0.357 e. The molecule has 132 valence electrons. The van der Waals surface area contributed by atoms with Gasteiger partial charge in [0.05, 0.1) is 22.6 Å². The quantitative estimate of drug-likeness (QED) is 0.478. The SMILES string of the molecule is O=C(COC(=O)c1cncn1-c1ccc(F)cc1)c1ccc(Cl)c(Cl)c1. The normalized spacial score (nSPS) is 10.6. The van der Waals surface area contributed by atoms with Gasteiger partial charge in [-0.05, 0) is 42.5 Å². The average molecular weight is 393 g/mol. The first-order valence-electron chi connectivity index (χ1n) is 7.39. The summed E-state index contributed by atoms with van der Waals surface area (Å²) in [4.78, 5) is 28.3. The fraction of sp³-hybridized carbons (Fsp3) is 0.0556. The second-order valence-corrected chi connectivity index (χ2v) is 6.07. The number of rotatable bonds is 5. The van der Waals surface area contributed by atoms with Crippen molar-refractivity contribution in [2.45, 2.75) is 0 Å². The number of benzene rings is 2. The Labute approximate surface area is 157 Å². The fourth-order valence-electron chi connectivity index (χ4n) is 2.21. The van der Waals surface area contributed by atoms with Crippen LogP contribution in [0, 0.1) is 5.82 Å². The van der Waals surface area contributed by atoms with Gasteiger partial charge in [0.15, 0.2) is 18.1 Å². The van der Waals surface area contributed by atoms with E-state index in [-0.39, 0.29) is 16.3 Å². The number of Topliss-reactive ketones (excluding diaryl/α,β-unsaturated/α-hetero) is 1. The molecule has 8 heteroatoms. The van der Waals surface area contributed by atoms with E-state index in [1.54, 1.807) is 0 Å². The zero-order valence-electron chi connectivity index (χ0n) is 13.2. The van der Waals surface area contributed by atoms with Gasteiger partial charge in [-0.1, -0.05) is 23.2 Å². The lowest BCUT2D eigenvalue weighted by molar-refractivity contribution is 0.0467. The van der Waals surface area contributed by atoms with Gasteiger partial charge < -0.3 is 4.74 Å². The van der Waals surface area contributed by atoms with Crippen molar-refractivity contribution < 1.29 is 18.7 Å². The maximum absolute atomic E-state index is 13.0. The third kappa shape index (κ3) is 3.92. The maximum Gasteiger partial charge on any atom is 0.357 e. The van der Waals surface area contributed by atoms with Crippen LogP contribution in [-0.4, -0.2) is 27.9 Å². The summed E-state index contributed by atoms with van der Waals surface area (Å²) in [6.45, 7) is -0.467. The Bertz CT molecular complexity index is 971. The first kappa shape index (κ1) is 18.1. The Morgan fingerprint density at radius 2 is 1.81 bits per heavy atom. The van der Waals surface area contributed by atoms with E-state index in [2.05, 4.69) is 4.98 Å². The van der Waals surface area contributed by atoms with Gasteiger partial charge in [0.25, 0.3) is 0 Å². The van der Waals surface area contributed by atoms with Crippen LogP contribution in [0.4, 0.5) is 4.39 Å². The standard InChI is InChI=1S/C18H11Cl2FN2O3/c19-14-6-1-11(7-15(14)20)17(24)9-26-18(25)16-8-22-10-23(16)13-4-2-12(21)3-5-13/h1-8,10H,9H2. The molecule has 0 saturated heterocycles. The molecule has 0 amide bonds. The molecule has 0 spiro atoms. The molecule has 0 saturated carbocycles. The monoisotopic (exact) mass is 392 g/mol. The van der Waals surface area contributed by atoms with Crippen molar-refractivity contribution in [2.24, 2.45) is 0 Å². The molecule has 0 radical (unpaired) electrons. The molecule has 0 aliphatic carbocycles. The molecule has 0 atom stereocenters. The van der Waals surface area contributed by atoms with Crippen molar-refractivity contribution in [1.29, 1.82) is 0 Å². The molecular weight excluding hydrogens is 382 g/mol. The van der Waals surface area contributed by atoms with Crippen molar-refractivity contribution in [3.05, 3.63) is 82.1 Å². The molecule has 3 aromatic rings. The van der Waals surface area contributed by atoms with Crippen molar-refractivity contribution in [2.75, 3.05) is 6.61 Å². The van der Waals surface area contributed by atoms with Gasteiger partial charge in [0.1, 0.15) is 5.82 Å². The van der Waals surface area contributed by atoms with Crippen molar-refractivity contribution >= 4 is 35.0 Å². The Morgan fingerprint density at radius 1 is 1.08 bits per heavy atom. The van der Waals surface area contributed by atoms with E-state index >= 15 is 0 Å². The van der Waals surface area contributed by atoms with Crippen LogP contribution < -0.4 is 0 Å². The van der Waals surface area contributed by atoms with Gasteiger partial charge >= 0.3 is 5.97 Å². The summed E-state index contributed by atoms with van der Waals surface area (Å²) in [7, 11) is 0. The first-order valence-corrected chi connectivity index (χ1v) is 8.15. The summed E-state index contributed by atoms with van der Waals surface area (Å²) in [5.41, 5.74) is 0.921. The third-order valence-corrected chi connectivity index (χ3v) is 4.27. The first-order chi connectivity index (χ1) is 12.5. The number of hydrogen-bond donors (Lipinski definition) is 0. The highest BCUT2D eigenvalue weighted by Gasteiger charge is 2.17. The number of carbonyl (C=O) groups is 2. The predicted octanol–water partition coefficient (Wildman–Crippen LogP) is 4.36. The molecule has 0 bridgehead atoms. The lowest BCUT2D eigenvalue weighted by atomic mass is 10.1. The van der Waals surface area contributed by atoms with E-state index in [1.807, 2.05) is 0 Å². The molecule has 0 aliphatic rings. The van der Waals surface area contributed by atoms with Gasteiger partial charge in [0, 0.05) is 11.3 Å². The van der Waals surface area contributed by atoms with Crippen molar-refractivity contribution in [1.82, 2.24) is 9.55 Å². The minimum Gasteiger partial charge on any atom is -0.453 e. The molecular formula is C18H11Cl2FN2O3. The molecule has 3 rings (SSSR count). The van der Waals surface area contributed by atoms with Crippen LogP contribution in [0.25, 0.3) is 5.69 Å². The van der Waals surface area contributed by atoms with E-state index in [1.165, 1.54) is 59.6 Å². The Hall–Kier alpha value is -2.70. The van der Waals surface area contributed by atoms with E-state index in [9.17, 15) is 14.0 Å². The van der Waals surface area contributed by atoms with Gasteiger partial charge in [-0.2, -0.15) is 0 Å². The fourth-order valence-corrected chi connectivity index (χ4v) is 2.51. The number of ketones is 1. The Balaban J connectivity index is 1.71. The highest BCUT2D eigenvalue weighted by molar-refractivity contribution is 6.42. The number of ether oxygens (including phenoxy) is 1. The Morgan fingerprint density at radius 3 is 2.50 bits per heavy atom. The van der Waals surface area contributed by atoms with Crippen LogP contribution in [-0.2, 0) is 4.74 Å². The predicted molar refractivity (Wildman–Crippen MR) is 94.6 cm³/mol. The van der Waals surface area contributed by atoms with E-state index in [0.717, 1.165) is 0 Å². The summed E-state index contributed by atoms with van der Waals surface area (Å²) < 4.78 is 19.5. The number of hydrogen-bond acceptors (Lipinski definition) is 4. The van der Waals surface area contributed by atoms with Crippen LogP contribution in [0.3, 0.4) is 0 Å². The molecule has 1 aromatic heterocycles. The lowest BCUT2D eigenvalue weighted by Gasteiger charge is -2.08. The van der Waals surface area contributed by atoms with Crippen molar-refractivity contribution in [3.63, 3.8) is 0 Å². The zero-order valence-corrected chi connectivity index (χ0v) is 14.7. The number of carbonyl (C=O) groups excluding carboxylic acids is 2. The van der Waals surface area contributed by atoms with Crippen molar-refractivity contribution in [3.8, 4) is 5.69 Å². The minimum atomic E-state index is -0.736. The molecule has 2 aromatic carbocycles. The van der Waals surface area contributed by atoms with Crippen LogP contribution in [0.15, 0.2) is 55.0 Å². The molecule has 0 unspecified atom stereocenters. The van der Waals surface area contributed by atoms with Crippen LogP contribution in [0.5, 0.6) is 0 Å². The summed E-state index contributed by atoms with van der Waals surface area (Å²) >= 11 is 11.7. The molecule has 0 N–H and O–H groups in total. The summed E-state index contributed by atoms with van der Waals surface area (Å²) in [5, 5.41) is 0.557. The zero-order chi connectivity index (χ0) is 18.7. The molecule has 5 nitrogen and oxygen atoms in total. The van der Waals surface area contributed by atoms with E-state index in [0.29, 0.717) is 10.7 Å². The number of aromatic nitrogens is 2.